The second kappa shape index (κ2) is 5.50. The SMILES string of the molecule is CCCN(CC)c1ccccc1NO. The molecule has 0 aromatic heterocycles. The van der Waals surface area contributed by atoms with Crippen molar-refractivity contribution >= 4 is 11.4 Å². The van der Waals surface area contributed by atoms with E-state index in [0.29, 0.717) is 0 Å². The van der Waals surface area contributed by atoms with E-state index >= 15 is 0 Å². The van der Waals surface area contributed by atoms with Crippen molar-refractivity contribution < 1.29 is 5.21 Å². The van der Waals surface area contributed by atoms with Crippen LogP contribution in [0.4, 0.5) is 11.4 Å². The molecule has 0 atom stereocenters. The molecular weight excluding hydrogens is 176 g/mol. The van der Waals surface area contributed by atoms with E-state index in [1.165, 1.54) is 0 Å². The topological polar surface area (TPSA) is 35.5 Å². The van der Waals surface area contributed by atoms with Gasteiger partial charge < -0.3 is 4.90 Å². The maximum atomic E-state index is 8.95. The summed E-state index contributed by atoms with van der Waals surface area (Å²) >= 11 is 0. The number of hydrogen-bond acceptors (Lipinski definition) is 3. The first kappa shape index (κ1) is 10.9. The van der Waals surface area contributed by atoms with Gasteiger partial charge in [-0.3, -0.25) is 10.7 Å². The molecule has 0 spiro atoms. The first-order valence-corrected chi connectivity index (χ1v) is 5.07. The molecular formula is C11H18N2O. The highest BCUT2D eigenvalue weighted by Crippen LogP contribution is 2.24. The zero-order valence-corrected chi connectivity index (χ0v) is 8.83. The largest absolute Gasteiger partial charge is 0.370 e. The highest BCUT2D eigenvalue weighted by Gasteiger charge is 2.06. The molecule has 0 aliphatic rings. The van der Waals surface area contributed by atoms with Crippen molar-refractivity contribution in [1.29, 1.82) is 0 Å². The molecule has 0 saturated carbocycles. The fraction of sp³-hybridized carbons (Fsp3) is 0.455. The average Bonchev–Trinajstić information content (AvgIpc) is 2.26. The van der Waals surface area contributed by atoms with Gasteiger partial charge in [-0.1, -0.05) is 19.1 Å². The first-order valence-electron chi connectivity index (χ1n) is 5.07. The first-order chi connectivity index (χ1) is 6.83. The quantitative estimate of drug-likeness (QED) is 0.707. The van der Waals surface area contributed by atoms with Gasteiger partial charge in [-0.2, -0.15) is 0 Å². The standard InChI is InChI=1S/C11H18N2O/c1-3-9-13(4-2)11-8-6-5-7-10(11)12-14/h5-8,12,14H,3-4,9H2,1-2H3. The maximum absolute atomic E-state index is 8.95. The Hall–Kier alpha value is -1.22. The summed E-state index contributed by atoms with van der Waals surface area (Å²) in [4.78, 5) is 2.23. The number of nitrogens with one attached hydrogen (secondary N) is 1. The van der Waals surface area contributed by atoms with Crippen LogP contribution in [0.1, 0.15) is 20.3 Å². The second-order valence-corrected chi connectivity index (χ2v) is 3.21. The summed E-state index contributed by atoms with van der Waals surface area (Å²) < 4.78 is 0. The van der Waals surface area contributed by atoms with E-state index in [0.717, 1.165) is 30.9 Å². The maximum Gasteiger partial charge on any atom is 0.0835 e. The molecule has 0 aliphatic heterocycles. The molecule has 0 radical (unpaired) electrons. The molecule has 0 unspecified atom stereocenters. The number of anilines is 2. The zero-order chi connectivity index (χ0) is 10.4. The Kier molecular flexibility index (Phi) is 4.26. The van der Waals surface area contributed by atoms with Gasteiger partial charge in [0.25, 0.3) is 0 Å². The lowest BCUT2D eigenvalue weighted by atomic mass is 10.2. The van der Waals surface area contributed by atoms with Gasteiger partial charge in [0.1, 0.15) is 0 Å². The number of benzene rings is 1. The third-order valence-corrected chi connectivity index (χ3v) is 2.24. The Balaban J connectivity index is 2.90. The molecule has 1 aromatic carbocycles. The Morgan fingerprint density at radius 3 is 2.57 bits per heavy atom. The molecule has 0 saturated heterocycles. The third-order valence-electron chi connectivity index (χ3n) is 2.24. The molecule has 0 aliphatic carbocycles. The van der Waals surface area contributed by atoms with Crippen LogP contribution >= 0.6 is 0 Å². The van der Waals surface area contributed by atoms with Crippen molar-refractivity contribution in [3.63, 3.8) is 0 Å². The van der Waals surface area contributed by atoms with Crippen LogP contribution in [0, 0.1) is 0 Å². The van der Waals surface area contributed by atoms with E-state index in [1.54, 1.807) is 0 Å². The monoisotopic (exact) mass is 194 g/mol. The van der Waals surface area contributed by atoms with Crippen molar-refractivity contribution in [3.05, 3.63) is 24.3 Å². The summed E-state index contributed by atoms with van der Waals surface area (Å²) in [6, 6.07) is 7.77. The Bertz CT molecular complexity index is 276. The Labute approximate surface area is 85.3 Å². The van der Waals surface area contributed by atoms with Gasteiger partial charge in [0.2, 0.25) is 0 Å². The van der Waals surface area contributed by atoms with Crippen molar-refractivity contribution in [1.82, 2.24) is 0 Å². The van der Waals surface area contributed by atoms with Crippen molar-refractivity contribution in [2.75, 3.05) is 23.5 Å². The lowest BCUT2D eigenvalue weighted by Gasteiger charge is -2.24. The van der Waals surface area contributed by atoms with Gasteiger partial charge in [-0.05, 0) is 25.5 Å². The van der Waals surface area contributed by atoms with Crippen molar-refractivity contribution in [2.24, 2.45) is 0 Å². The number of para-hydroxylation sites is 2. The Morgan fingerprint density at radius 2 is 2.00 bits per heavy atom. The predicted octanol–water partition coefficient (Wildman–Crippen LogP) is 2.72. The van der Waals surface area contributed by atoms with E-state index in [9.17, 15) is 0 Å². The molecule has 3 heteroatoms. The number of rotatable bonds is 5. The smallest absolute Gasteiger partial charge is 0.0835 e. The van der Waals surface area contributed by atoms with Crippen LogP contribution in [0.25, 0.3) is 0 Å². The molecule has 0 bridgehead atoms. The summed E-state index contributed by atoms with van der Waals surface area (Å²) in [6.07, 6.45) is 1.10. The molecule has 1 rings (SSSR count). The van der Waals surface area contributed by atoms with Crippen molar-refractivity contribution in [2.45, 2.75) is 20.3 Å². The van der Waals surface area contributed by atoms with Crippen LogP contribution in [0.3, 0.4) is 0 Å². The van der Waals surface area contributed by atoms with Crippen LogP contribution in [-0.4, -0.2) is 18.3 Å². The summed E-state index contributed by atoms with van der Waals surface area (Å²) in [6.45, 7) is 6.23. The highest BCUT2D eigenvalue weighted by molar-refractivity contribution is 5.68. The summed E-state index contributed by atoms with van der Waals surface area (Å²) in [5.74, 6) is 0. The lowest BCUT2D eigenvalue weighted by molar-refractivity contribution is 0.389. The molecule has 0 amide bonds. The van der Waals surface area contributed by atoms with Crippen LogP contribution in [0.15, 0.2) is 24.3 Å². The molecule has 14 heavy (non-hydrogen) atoms. The zero-order valence-electron chi connectivity index (χ0n) is 8.83. The van der Waals surface area contributed by atoms with Crippen LogP contribution in [-0.2, 0) is 0 Å². The molecule has 78 valence electrons. The van der Waals surface area contributed by atoms with Crippen LogP contribution in [0.2, 0.25) is 0 Å². The highest BCUT2D eigenvalue weighted by atomic mass is 16.5. The minimum atomic E-state index is 0.766. The molecule has 3 nitrogen and oxygen atoms in total. The summed E-state index contributed by atoms with van der Waals surface area (Å²) in [5.41, 5.74) is 4.05. The third kappa shape index (κ3) is 2.39. The van der Waals surface area contributed by atoms with Crippen LogP contribution < -0.4 is 10.4 Å². The van der Waals surface area contributed by atoms with E-state index in [-0.39, 0.29) is 0 Å². The molecule has 0 fully saturated rings. The predicted molar refractivity (Wildman–Crippen MR) is 60.0 cm³/mol. The van der Waals surface area contributed by atoms with Gasteiger partial charge in [-0.25, -0.2) is 0 Å². The number of nitrogens with zero attached hydrogens (tertiary/aromatic N) is 1. The van der Waals surface area contributed by atoms with E-state index in [2.05, 4.69) is 24.2 Å². The minimum absolute atomic E-state index is 0.766. The van der Waals surface area contributed by atoms with Crippen molar-refractivity contribution in [3.8, 4) is 0 Å². The van der Waals surface area contributed by atoms with Gasteiger partial charge in [0, 0.05) is 13.1 Å². The van der Waals surface area contributed by atoms with E-state index in [4.69, 9.17) is 5.21 Å². The normalized spacial score (nSPS) is 9.93. The van der Waals surface area contributed by atoms with Gasteiger partial charge >= 0.3 is 0 Å². The molecule has 1 aromatic rings. The van der Waals surface area contributed by atoms with Gasteiger partial charge in [0.05, 0.1) is 11.4 Å². The second-order valence-electron chi connectivity index (χ2n) is 3.21. The van der Waals surface area contributed by atoms with Gasteiger partial charge in [0.15, 0.2) is 0 Å². The fourth-order valence-electron chi connectivity index (χ4n) is 1.56. The molecule has 2 N–H and O–H groups in total. The lowest BCUT2D eigenvalue weighted by Crippen LogP contribution is -2.24. The number of hydrogen-bond donors (Lipinski definition) is 2. The van der Waals surface area contributed by atoms with E-state index < -0.39 is 0 Å². The Morgan fingerprint density at radius 1 is 1.29 bits per heavy atom. The summed E-state index contributed by atoms with van der Waals surface area (Å²) in [7, 11) is 0. The van der Waals surface area contributed by atoms with Crippen LogP contribution in [0.5, 0.6) is 0 Å². The average molecular weight is 194 g/mol. The minimum Gasteiger partial charge on any atom is -0.370 e. The van der Waals surface area contributed by atoms with Gasteiger partial charge in [-0.15, -0.1) is 0 Å². The van der Waals surface area contributed by atoms with E-state index in [1.807, 2.05) is 24.3 Å². The summed E-state index contributed by atoms with van der Waals surface area (Å²) in [5, 5.41) is 8.95. The molecule has 0 heterocycles. The fourth-order valence-corrected chi connectivity index (χ4v) is 1.56.